The molecule has 18 heavy (non-hydrogen) atoms. The van der Waals surface area contributed by atoms with Crippen LogP contribution in [-0.2, 0) is 4.79 Å². The van der Waals surface area contributed by atoms with Crippen LogP contribution in [-0.4, -0.2) is 24.6 Å². The highest BCUT2D eigenvalue weighted by atomic mass is 35.5. The van der Waals surface area contributed by atoms with Crippen LogP contribution in [0.4, 0.5) is 0 Å². The normalized spacial score (nSPS) is 13.1. The Morgan fingerprint density at radius 2 is 2.17 bits per heavy atom. The minimum atomic E-state index is -0.581. The molecule has 0 saturated heterocycles. The molecule has 1 aromatic rings. The van der Waals surface area contributed by atoms with Gasteiger partial charge in [-0.15, -0.1) is 12.4 Å². The standard InChI is InChI=1S/C12H17ClN2O2.ClH/c1-8(7-14)15-12(16)9(2)17-11-5-3-4-10(13)6-11;/h3-6,8-9H,7,14H2,1-2H3,(H,15,16);1H/t8-,9?;/m0./s1. The largest absolute Gasteiger partial charge is 0.481 e. The van der Waals surface area contributed by atoms with Crippen molar-refractivity contribution in [2.75, 3.05) is 6.54 Å². The fourth-order valence-electron chi connectivity index (χ4n) is 1.22. The van der Waals surface area contributed by atoms with Gasteiger partial charge < -0.3 is 15.8 Å². The molecule has 0 bridgehead atoms. The van der Waals surface area contributed by atoms with E-state index in [0.29, 0.717) is 17.3 Å². The highest BCUT2D eigenvalue weighted by Crippen LogP contribution is 2.18. The molecular formula is C12H18Cl2N2O2. The van der Waals surface area contributed by atoms with Crippen LogP contribution in [0.5, 0.6) is 5.75 Å². The van der Waals surface area contributed by atoms with Crippen molar-refractivity contribution in [1.82, 2.24) is 5.32 Å². The Morgan fingerprint density at radius 1 is 1.50 bits per heavy atom. The number of ether oxygens (including phenoxy) is 1. The molecule has 6 heteroatoms. The number of rotatable bonds is 5. The van der Waals surface area contributed by atoms with Gasteiger partial charge in [0, 0.05) is 17.6 Å². The molecule has 1 rings (SSSR count). The number of nitrogens with two attached hydrogens (primary N) is 1. The average molecular weight is 293 g/mol. The zero-order valence-corrected chi connectivity index (χ0v) is 11.9. The number of benzene rings is 1. The third-order valence-corrected chi connectivity index (χ3v) is 2.46. The summed E-state index contributed by atoms with van der Waals surface area (Å²) in [5.41, 5.74) is 5.42. The predicted octanol–water partition coefficient (Wildman–Crippen LogP) is 1.99. The fourth-order valence-corrected chi connectivity index (χ4v) is 1.40. The Kier molecular flexibility index (Phi) is 7.75. The summed E-state index contributed by atoms with van der Waals surface area (Å²) in [5, 5.41) is 3.32. The average Bonchev–Trinajstić information content (AvgIpc) is 2.28. The molecule has 1 unspecified atom stereocenters. The summed E-state index contributed by atoms with van der Waals surface area (Å²) in [6.45, 7) is 3.92. The van der Waals surface area contributed by atoms with E-state index in [4.69, 9.17) is 22.1 Å². The molecule has 102 valence electrons. The Morgan fingerprint density at radius 3 is 2.72 bits per heavy atom. The first kappa shape index (κ1) is 17.0. The van der Waals surface area contributed by atoms with Gasteiger partial charge in [0.25, 0.3) is 5.91 Å². The van der Waals surface area contributed by atoms with Crippen LogP contribution >= 0.6 is 24.0 Å². The highest BCUT2D eigenvalue weighted by molar-refractivity contribution is 6.30. The van der Waals surface area contributed by atoms with Crippen LogP contribution in [0, 0.1) is 0 Å². The number of halogens is 2. The van der Waals surface area contributed by atoms with Crippen molar-refractivity contribution in [1.29, 1.82) is 0 Å². The van der Waals surface area contributed by atoms with E-state index >= 15 is 0 Å². The zero-order valence-electron chi connectivity index (χ0n) is 10.4. The molecule has 2 atom stereocenters. The molecule has 0 spiro atoms. The van der Waals surface area contributed by atoms with Crippen LogP contribution in [0.15, 0.2) is 24.3 Å². The summed E-state index contributed by atoms with van der Waals surface area (Å²) in [6, 6.07) is 6.87. The van der Waals surface area contributed by atoms with E-state index in [1.807, 2.05) is 6.92 Å². The van der Waals surface area contributed by atoms with E-state index in [1.54, 1.807) is 31.2 Å². The van der Waals surface area contributed by atoms with E-state index in [9.17, 15) is 4.79 Å². The van der Waals surface area contributed by atoms with Crippen molar-refractivity contribution < 1.29 is 9.53 Å². The van der Waals surface area contributed by atoms with Gasteiger partial charge in [-0.1, -0.05) is 17.7 Å². The Labute approximate surface area is 118 Å². The Bertz CT molecular complexity index is 388. The van der Waals surface area contributed by atoms with Crippen LogP contribution < -0.4 is 15.8 Å². The third-order valence-electron chi connectivity index (χ3n) is 2.22. The number of nitrogens with one attached hydrogen (secondary N) is 1. The second-order valence-electron chi connectivity index (χ2n) is 3.86. The summed E-state index contributed by atoms with van der Waals surface area (Å²) >= 11 is 5.82. The molecular weight excluding hydrogens is 275 g/mol. The smallest absolute Gasteiger partial charge is 0.261 e. The van der Waals surface area contributed by atoms with Gasteiger partial charge >= 0.3 is 0 Å². The van der Waals surface area contributed by atoms with E-state index in [2.05, 4.69) is 5.32 Å². The van der Waals surface area contributed by atoms with E-state index < -0.39 is 6.10 Å². The zero-order chi connectivity index (χ0) is 12.8. The first-order valence-corrected chi connectivity index (χ1v) is 5.83. The molecule has 0 aliphatic rings. The molecule has 0 radical (unpaired) electrons. The van der Waals surface area contributed by atoms with Gasteiger partial charge in [0.2, 0.25) is 0 Å². The van der Waals surface area contributed by atoms with Gasteiger partial charge in [0.15, 0.2) is 6.10 Å². The lowest BCUT2D eigenvalue weighted by atomic mass is 10.3. The topological polar surface area (TPSA) is 64.3 Å². The van der Waals surface area contributed by atoms with Crippen LogP contribution in [0.3, 0.4) is 0 Å². The highest BCUT2D eigenvalue weighted by Gasteiger charge is 2.16. The van der Waals surface area contributed by atoms with E-state index in [-0.39, 0.29) is 24.4 Å². The second kappa shape index (κ2) is 8.19. The van der Waals surface area contributed by atoms with Crippen molar-refractivity contribution in [3.05, 3.63) is 29.3 Å². The maximum atomic E-state index is 11.7. The van der Waals surface area contributed by atoms with Gasteiger partial charge in [0.05, 0.1) is 0 Å². The minimum absolute atomic E-state index is 0. The lowest BCUT2D eigenvalue weighted by Gasteiger charge is -2.17. The van der Waals surface area contributed by atoms with Crippen molar-refractivity contribution in [3.63, 3.8) is 0 Å². The van der Waals surface area contributed by atoms with Crippen molar-refractivity contribution in [2.24, 2.45) is 5.73 Å². The molecule has 1 amide bonds. The van der Waals surface area contributed by atoms with E-state index in [1.165, 1.54) is 0 Å². The monoisotopic (exact) mass is 292 g/mol. The molecule has 0 aromatic heterocycles. The van der Waals surface area contributed by atoms with Crippen LogP contribution in [0.2, 0.25) is 5.02 Å². The lowest BCUT2D eigenvalue weighted by Crippen LogP contribution is -2.44. The van der Waals surface area contributed by atoms with Gasteiger partial charge in [-0.2, -0.15) is 0 Å². The maximum absolute atomic E-state index is 11.7. The van der Waals surface area contributed by atoms with Gasteiger partial charge in [0.1, 0.15) is 5.75 Å². The molecule has 0 aliphatic heterocycles. The molecule has 0 heterocycles. The number of carbonyl (C=O) groups excluding carboxylic acids is 1. The molecule has 0 saturated carbocycles. The second-order valence-corrected chi connectivity index (χ2v) is 4.30. The maximum Gasteiger partial charge on any atom is 0.261 e. The molecule has 3 N–H and O–H groups in total. The lowest BCUT2D eigenvalue weighted by molar-refractivity contribution is -0.127. The molecule has 0 fully saturated rings. The predicted molar refractivity (Wildman–Crippen MR) is 75.4 cm³/mol. The minimum Gasteiger partial charge on any atom is -0.481 e. The molecule has 4 nitrogen and oxygen atoms in total. The van der Waals surface area contributed by atoms with Crippen molar-refractivity contribution in [2.45, 2.75) is 26.0 Å². The fraction of sp³-hybridized carbons (Fsp3) is 0.417. The summed E-state index contributed by atoms with van der Waals surface area (Å²) in [6.07, 6.45) is -0.581. The molecule has 0 aliphatic carbocycles. The summed E-state index contributed by atoms with van der Waals surface area (Å²) in [7, 11) is 0. The quantitative estimate of drug-likeness (QED) is 0.872. The SMILES string of the molecule is CC(Oc1cccc(Cl)c1)C(=O)N[C@@H](C)CN.Cl. The van der Waals surface area contributed by atoms with Gasteiger partial charge in [-0.05, 0) is 32.0 Å². The van der Waals surface area contributed by atoms with Gasteiger partial charge in [-0.3, -0.25) is 4.79 Å². The number of hydrogen-bond donors (Lipinski definition) is 2. The Hall–Kier alpha value is -0.970. The summed E-state index contributed by atoms with van der Waals surface area (Å²) in [5.74, 6) is 0.378. The number of hydrogen-bond acceptors (Lipinski definition) is 3. The Balaban J connectivity index is 0.00000289. The van der Waals surface area contributed by atoms with Crippen molar-refractivity contribution in [3.8, 4) is 5.75 Å². The number of carbonyl (C=O) groups is 1. The van der Waals surface area contributed by atoms with Crippen molar-refractivity contribution >= 4 is 29.9 Å². The molecule has 1 aromatic carbocycles. The van der Waals surface area contributed by atoms with Crippen LogP contribution in [0.1, 0.15) is 13.8 Å². The third kappa shape index (κ3) is 5.58. The first-order chi connectivity index (χ1) is 8.02. The summed E-state index contributed by atoms with van der Waals surface area (Å²) < 4.78 is 5.47. The van der Waals surface area contributed by atoms with Crippen LogP contribution in [0.25, 0.3) is 0 Å². The van der Waals surface area contributed by atoms with Gasteiger partial charge in [-0.25, -0.2) is 0 Å². The van der Waals surface area contributed by atoms with E-state index in [0.717, 1.165) is 0 Å². The number of amides is 1. The first-order valence-electron chi connectivity index (χ1n) is 5.45. The summed E-state index contributed by atoms with van der Waals surface area (Å²) in [4.78, 5) is 11.7.